The summed E-state index contributed by atoms with van der Waals surface area (Å²) in [5.41, 5.74) is -0.00678. The van der Waals surface area contributed by atoms with Crippen molar-refractivity contribution >= 4 is 19.7 Å². The monoisotopic (exact) mass is 578 g/mol. The van der Waals surface area contributed by atoms with Gasteiger partial charge in [-0.3, -0.25) is 0 Å². The minimum atomic E-state index is -4.98. The molecule has 208 valence electrons. The first kappa shape index (κ1) is 29.7. The summed E-state index contributed by atoms with van der Waals surface area (Å²) >= 11 is 0. The second-order valence-corrected chi connectivity index (χ2v) is 13.3. The van der Waals surface area contributed by atoms with E-state index >= 15 is 0 Å². The van der Waals surface area contributed by atoms with Gasteiger partial charge in [0.1, 0.15) is 18.2 Å². The minimum absolute atomic E-state index is 0.00678. The quantitative estimate of drug-likeness (QED) is 0.445. The summed E-state index contributed by atoms with van der Waals surface area (Å²) in [4.78, 5) is -0.596. The molecule has 2 aliphatic heterocycles. The SMILES string of the molecule is C1=CCOC=C1.CC1(S(=O)(=O)c2cccc(OC(F)(F)F)c2)CCOC(c2ccc(S(C)(=O)=O)cc2F)C1. The smallest absolute Gasteiger partial charge is 0.497 e. The highest BCUT2D eigenvalue weighted by atomic mass is 32.2. The predicted molar refractivity (Wildman–Crippen MR) is 130 cm³/mol. The largest absolute Gasteiger partial charge is 0.573 e. The molecule has 0 aromatic heterocycles. The molecule has 2 atom stereocenters. The Morgan fingerprint density at radius 2 is 1.76 bits per heavy atom. The Kier molecular flexibility index (Phi) is 8.94. The number of rotatable bonds is 5. The first-order valence-electron chi connectivity index (χ1n) is 11.3. The summed E-state index contributed by atoms with van der Waals surface area (Å²) in [5, 5.41) is 0. The fourth-order valence-corrected chi connectivity index (χ4v) is 6.34. The van der Waals surface area contributed by atoms with E-state index in [1.165, 1.54) is 19.1 Å². The van der Waals surface area contributed by atoms with E-state index in [-0.39, 0.29) is 34.8 Å². The molecule has 7 nitrogen and oxygen atoms in total. The lowest BCUT2D eigenvalue weighted by atomic mass is 9.92. The molecule has 0 N–H and O–H groups in total. The van der Waals surface area contributed by atoms with E-state index in [9.17, 15) is 34.4 Å². The maximum Gasteiger partial charge on any atom is 0.573 e. The van der Waals surface area contributed by atoms with E-state index in [0.29, 0.717) is 0 Å². The first-order valence-corrected chi connectivity index (χ1v) is 14.6. The number of benzene rings is 2. The molecule has 38 heavy (non-hydrogen) atoms. The lowest BCUT2D eigenvalue weighted by Crippen LogP contribution is -2.42. The maximum absolute atomic E-state index is 14.6. The van der Waals surface area contributed by atoms with Gasteiger partial charge in [0.2, 0.25) is 0 Å². The second-order valence-electron chi connectivity index (χ2n) is 8.84. The van der Waals surface area contributed by atoms with Crippen LogP contribution in [0.25, 0.3) is 0 Å². The summed E-state index contributed by atoms with van der Waals surface area (Å²) in [6.45, 7) is 2.10. The molecular formula is C25H26F4O7S2. The number of sulfone groups is 2. The van der Waals surface area contributed by atoms with Gasteiger partial charge in [0, 0.05) is 18.4 Å². The third kappa shape index (κ3) is 7.35. The van der Waals surface area contributed by atoms with Crippen LogP contribution in [-0.2, 0) is 29.1 Å². The molecule has 2 aromatic carbocycles. The highest BCUT2D eigenvalue weighted by molar-refractivity contribution is 7.92. The van der Waals surface area contributed by atoms with Gasteiger partial charge < -0.3 is 14.2 Å². The van der Waals surface area contributed by atoms with Crippen LogP contribution >= 0.6 is 0 Å². The van der Waals surface area contributed by atoms with Crippen molar-refractivity contribution in [1.82, 2.24) is 0 Å². The summed E-state index contributed by atoms with van der Waals surface area (Å²) in [5.74, 6) is -1.53. The van der Waals surface area contributed by atoms with Gasteiger partial charge in [0.25, 0.3) is 0 Å². The van der Waals surface area contributed by atoms with Crippen molar-refractivity contribution in [3.05, 3.63) is 78.3 Å². The molecule has 0 spiro atoms. The van der Waals surface area contributed by atoms with Gasteiger partial charge >= 0.3 is 6.36 Å². The van der Waals surface area contributed by atoms with Crippen LogP contribution in [0.15, 0.2) is 76.7 Å². The van der Waals surface area contributed by atoms with Gasteiger partial charge in [-0.25, -0.2) is 21.2 Å². The molecule has 13 heteroatoms. The van der Waals surface area contributed by atoms with Crippen molar-refractivity contribution in [2.24, 2.45) is 0 Å². The van der Waals surface area contributed by atoms with Crippen LogP contribution in [0.2, 0.25) is 0 Å². The standard InChI is InChI=1S/C20H20F4O6S2.C5H6O/c1-19(32(27,28)15-5-3-4-13(10-15)30-20(22,23)24)8-9-29-18(12-19)16-7-6-14(11-17(16)21)31(2,25)26;1-2-4-6-5-3-1/h3-7,10-11,18H,8-9,12H2,1-2H3;1-4H,5H2. The topological polar surface area (TPSA) is 96.0 Å². The molecule has 0 bridgehead atoms. The summed E-state index contributed by atoms with van der Waals surface area (Å²) in [6.07, 6.45) is 2.26. The Morgan fingerprint density at radius 1 is 1.03 bits per heavy atom. The Balaban J connectivity index is 0.000000585. The summed E-state index contributed by atoms with van der Waals surface area (Å²) < 4.78 is 115. The van der Waals surface area contributed by atoms with Gasteiger partial charge in [-0.2, -0.15) is 0 Å². The fourth-order valence-electron chi connectivity index (χ4n) is 3.88. The van der Waals surface area contributed by atoms with Crippen molar-refractivity contribution in [3.8, 4) is 5.75 Å². The average Bonchev–Trinajstić information content (AvgIpc) is 2.84. The van der Waals surface area contributed by atoms with Crippen LogP contribution < -0.4 is 4.74 Å². The number of hydrogen-bond acceptors (Lipinski definition) is 7. The van der Waals surface area contributed by atoms with Crippen LogP contribution in [0.5, 0.6) is 5.75 Å². The summed E-state index contributed by atoms with van der Waals surface area (Å²) in [6, 6.07) is 7.35. The normalized spacial score (nSPS) is 21.7. The zero-order valence-corrected chi connectivity index (χ0v) is 22.1. The number of alkyl halides is 3. The zero-order chi connectivity index (χ0) is 28.2. The molecule has 0 aliphatic carbocycles. The molecule has 1 fully saturated rings. The van der Waals surface area contributed by atoms with Gasteiger partial charge in [-0.1, -0.05) is 18.2 Å². The van der Waals surface area contributed by atoms with Crippen LogP contribution in [0, 0.1) is 5.82 Å². The molecule has 2 unspecified atom stereocenters. The van der Waals surface area contributed by atoms with E-state index < -0.39 is 48.5 Å². The van der Waals surface area contributed by atoms with Crippen molar-refractivity contribution in [3.63, 3.8) is 0 Å². The van der Waals surface area contributed by atoms with Crippen LogP contribution in [0.4, 0.5) is 17.6 Å². The van der Waals surface area contributed by atoms with Crippen LogP contribution in [0.1, 0.15) is 31.4 Å². The first-order chi connectivity index (χ1) is 17.6. The lowest BCUT2D eigenvalue weighted by Gasteiger charge is -2.38. The van der Waals surface area contributed by atoms with E-state index in [0.717, 1.165) is 43.2 Å². The number of ether oxygens (including phenoxy) is 3. The lowest BCUT2D eigenvalue weighted by molar-refractivity contribution is -0.274. The minimum Gasteiger partial charge on any atom is -0.497 e. The highest BCUT2D eigenvalue weighted by Crippen LogP contribution is 2.43. The molecule has 2 aliphatic rings. The Labute approximate surface area is 218 Å². The van der Waals surface area contributed by atoms with E-state index in [1.54, 1.807) is 6.26 Å². The van der Waals surface area contributed by atoms with Gasteiger partial charge in [0.15, 0.2) is 19.7 Å². The van der Waals surface area contributed by atoms with Crippen molar-refractivity contribution < 1.29 is 48.6 Å². The molecule has 2 aromatic rings. The van der Waals surface area contributed by atoms with E-state index in [1.807, 2.05) is 18.2 Å². The van der Waals surface area contributed by atoms with Gasteiger partial charge in [-0.05, 0) is 62.2 Å². The highest BCUT2D eigenvalue weighted by Gasteiger charge is 2.46. The Hall–Kier alpha value is -2.90. The molecule has 0 saturated carbocycles. The van der Waals surface area contributed by atoms with E-state index in [2.05, 4.69) is 4.74 Å². The molecule has 4 rings (SSSR count). The molecule has 1 saturated heterocycles. The summed E-state index contributed by atoms with van der Waals surface area (Å²) in [7, 11) is -7.81. The molecule has 0 amide bonds. The second kappa shape index (κ2) is 11.5. The van der Waals surface area contributed by atoms with Crippen LogP contribution in [-0.4, -0.2) is 47.4 Å². The average molecular weight is 579 g/mol. The maximum atomic E-state index is 14.6. The number of hydrogen-bond donors (Lipinski definition) is 0. The van der Waals surface area contributed by atoms with Gasteiger partial charge in [-0.15, -0.1) is 13.2 Å². The number of allylic oxidation sites excluding steroid dienone is 2. The predicted octanol–water partition coefficient (Wildman–Crippen LogP) is 5.30. The van der Waals surface area contributed by atoms with Crippen LogP contribution in [0.3, 0.4) is 0 Å². The molecular weight excluding hydrogens is 552 g/mol. The Bertz CT molecular complexity index is 1410. The zero-order valence-electron chi connectivity index (χ0n) is 20.4. The number of halogens is 4. The van der Waals surface area contributed by atoms with Gasteiger partial charge in [0.05, 0.1) is 26.9 Å². The third-order valence-electron chi connectivity index (χ3n) is 5.93. The fraction of sp³-hybridized carbons (Fsp3) is 0.360. The molecule has 2 heterocycles. The van der Waals surface area contributed by atoms with Crippen molar-refractivity contribution in [2.45, 2.75) is 46.8 Å². The third-order valence-corrected chi connectivity index (χ3v) is 9.58. The Morgan fingerprint density at radius 3 is 2.29 bits per heavy atom. The van der Waals surface area contributed by atoms with Crippen molar-refractivity contribution in [2.75, 3.05) is 19.5 Å². The molecule has 0 radical (unpaired) electrons. The van der Waals surface area contributed by atoms with Crippen molar-refractivity contribution in [1.29, 1.82) is 0 Å². The van der Waals surface area contributed by atoms with E-state index in [4.69, 9.17) is 9.47 Å².